The lowest BCUT2D eigenvalue weighted by Crippen LogP contribution is -2.37. The second-order valence-electron chi connectivity index (χ2n) is 6.49. The fraction of sp³-hybridized carbons (Fsp3) is 0.333. The zero-order chi connectivity index (χ0) is 19.7. The zero-order valence-corrected chi connectivity index (χ0v) is 15.9. The van der Waals surface area contributed by atoms with Crippen LogP contribution in [0.25, 0.3) is 5.65 Å². The third-order valence-electron chi connectivity index (χ3n) is 4.38. The van der Waals surface area contributed by atoms with Gasteiger partial charge in [-0.2, -0.15) is 13.2 Å². The minimum Gasteiger partial charge on any atom is -0.472 e. The van der Waals surface area contributed by atoms with Gasteiger partial charge in [0.2, 0.25) is 5.88 Å². The molecule has 3 aromatic rings. The highest BCUT2D eigenvalue weighted by atomic mass is 35.5. The lowest BCUT2D eigenvalue weighted by atomic mass is 10.1. The van der Waals surface area contributed by atoms with Gasteiger partial charge in [0.15, 0.2) is 11.3 Å². The predicted octanol–water partition coefficient (Wildman–Crippen LogP) is 4.18. The molecular formula is C18H18ClF4N5O. The number of halogens is 5. The quantitative estimate of drug-likeness (QED) is 0.607. The number of fused-ring (bicyclic) bond motifs is 1. The number of alkyl halides is 3. The van der Waals surface area contributed by atoms with Gasteiger partial charge in [0.05, 0.1) is 11.9 Å². The predicted molar refractivity (Wildman–Crippen MR) is 101 cm³/mol. The van der Waals surface area contributed by atoms with E-state index >= 15 is 0 Å². The summed E-state index contributed by atoms with van der Waals surface area (Å²) in [5.41, 5.74) is -0.451. The van der Waals surface area contributed by atoms with Crippen LogP contribution in [0.2, 0.25) is 0 Å². The van der Waals surface area contributed by atoms with E-state index < -0.39 is 17.7 Å². The first-order chi connectivity index (χ1) is 13.4. The molecule has 0 saturated carbocycles. The monoisotopic (exact) mass is 431 g/mol. The fourth-order valence-electron chi connectivity index (χ4n) is 3.10. The van der Waals surface area contributed by atoms with E-state index in [1.54, 1.807) is 6.07 Å². The van der Waals surface area contributed by atoms with Crippen molar-refractivity contribution in [1.29, 1.82) is 0 Å². The Labute approximate surface area is 169 Å². The number of ether oxygens (including phenoxy) is 1. The number of piperidine rings is 1. The molecule has 4 rings (SSSR count). The molecule has 29 heavy (non-hydrogen) atoms. The SMILES string of the molecule is Cl.Fc1cccc(Nc2cc(O[C@H]3CCCNC3)nn3c(C(F)(F)F)cnc23)c1. The van der Waals surface area contributed by atoms with Crippen LogP contribution in [-0.2, 0) is 6.18 Å². The van der Waals surface area contributed by atoms with Gasteiger partial charge in [0.1, 0.15) is 11.9 Å². The molecule has 3 heterocycles. The van der Waals surface area contributed by atoms with Gasteiger partial charge in [-0.05, 0) is 37.6 Å². The van der Waals surface area contributed by atoms with E-state index in [2.05, 4.69) is 20.7 Å². The highest BCUT2D eigenvalue weighted by Crippen LogP contribution is 2.33. The van der Waals surface area contributed by atoms with E-state index in [1.807, 2.05) is 0 Å². The van der Waals surface area contributed by atoms with E-state index in [1.165, 1.54) is 24.3 Å². The van der Waals surface area contributed by atoms with Gasteiger partial charge >= 0.3 is 6.18 Å². The van der Waals surface area contributed by atoms with Gasteiger partial charge in [-0.3, -0.25) is 0 Å². The Morgan fingerprint density at radius 1 is 1.24 bits per heavy atom. The number of nitrogens with zero attached hydrogens (tertiary/aromatic N) is 3. The normalized spacial score (nSPS) is 17.0. The van der Waals surface area contributed by atoms with Gasteiger partial charge in [0.25, 0.3) is 0 Å². The molecule has 1 atom stereocenters. The summed E-state index contributed by atoms with van der Waals surface area (Å²) in [6.45, 7) is 1.46. The molecule has 0 spiro atoms. The number of nitrogens with one attached hydrogen (secondary N) is 2. The summed E-state index contributed by atoms with van der Waals surface area (Å²) in [7, 11) is 0. The molecule has 2 aromatic heterocycles. The minimum absolute atomic E-state index is 0. The summed E-state index contributed by atoms with van der Waals surface area (Å²) in [6.07, 6.45) is -2.44. The molecule has 0 aliphatic carbocycles. The average molecular weight is 432 g/mol. The first kappa shape index (κ1) is 21.1. The molecular weight excluding hydrogens is 414 g/mol. The summed E-state index contributed by atoms with van der Waals surface area (Å²) >= 11 is 0. The molecule has 0 unspecified atom stereocenters. The molecule has 1 aliphatic rings. The van der Waals surface area contributed by atoms with E-state index in [0.717, 1.165) is 19.4 Å². The van der Waals surface area contributed by atoms with Crippen LogP contribution in [-0.4, -0.2) is 33.8 Å². The lowest BCUT2D eigenvalue weighted by Gasteiger charge is -2.23. The maximum atomic E-state index is 13.5. The third-order valence-corrected chi connectivity index (χ3v) is 4.38. The molecule has 0 bridgehead atoms. The van der Waals surface area contributed by atoms with E-state index in [9.17, 15) is 17.6 Å². The standard InChI is InChI=1S/C18H17F4N5O.ClH/c19-11-3-1-4-12(7-11)25-14-8-16(28-13-5-2-6-23-9-13)26-27-15(18(20,21)22)10-24-17(14)27;/h1,3-4,7-8,10,13,23,25H,2,5-6,9H2;1H/t13-;/m0./s1. The maximum absolute atomic E-state index is 13.5. The molecule has 6 nitrogen and oxygen atoms in total. The molecule has 0 amide bonds. The van der Waals surface area contributed by atoms with Crippen molar-refractivity contribution in [3.8, 4) is 5.88 Å². The number of aromatic nitrogens is 3. The molecule has 1 saturated heterocycles. The second kappa shape index (κ2) is 8.42. The van der Waals surface area contributed by atoms with Crippen molar-refractivity contribution < 1.29 is 22.3 Å². The van der Waals surface area contributed by atoms with Crippen molar-refractivity contribution in [2.75, 3.05) is 18.4 Å². The summed E-state index contributed by atoms with van der Waals surface area (Å²) in [6, 6.07) is 7.07. The Balaban J connectivity index is 0.00000240. The van der Waals surface area contributed by atoms with Gasteiger partial charge < -0.3 is 15.4 Å². The van der Waals surface area contributed by atoms with Crippen LogP contribution in [0.15, 0.2) is 36.5 Å². The van der Waals surface area contributed by atoms with Crippen molar-refractivity contribution in [1.82, 2.24) is 19.9 Å². The van der Waals surface area contributed by atoms with Crippen molar-refractivity contribution in [2.45, 2.75) is 25.1 Å². The molecule has 156 valence electrons. The Morgan fingerprint density at radius 2 is 2.07 bits per heavy atom. The van der Waals surface area contributed by atoms with Crippen LogP contribution < -0.4 is 15.4 Å². The van der Waals surface area contributed by atoms with Crippen LogP contribution in [0.4, 0.5) is 28.9 Å². The number of hydrogen-bond donors (Lipinski definition) is 2. The summed E-state index contributed by atoms with van der Waals surface area (Å²) in [5, 5.41) is 10.1. The van der Waals surface area contributed by atoms with Gasteiger partial charge in [0, 0.05) is 18.3 Å². The molecule has 2 N–H and O–H groups in total. The minimum atomic E-state index is -4.63. The fourth-order valence-corrected chi connectivity index (χ4v) is 3.10. The summed E-state index contributed by atoms with van der Waals surface area (Å²) < 4.78 is 60.0. The van der Waals surface area contributed by atoms with Crippen LogP contribution in [0, 0.1) is 5.82 Å². The largest absolute Gasteiger partial charge is 0.472 e. The highest BCUT2D eigenvalue weighted by molar-refractivity contribution is 5.85. The van der Waals surface area contributed by atoms with Crippen LogP contribution in [0.3, 0.4) is 0 Å². The topological polar surface area (TPSA) is 63.5 Å². The van der Waals surface area contributed by atoms with Crippen LogP contribution in [0.1, 0.15) is 18.5 Å². The number of hydrogen-bond acceptors (Lipinski definition) is 5. The maximum Gasteiger partial charge on any atom is 0.435 e. The molecule has 1 fully saturated rings. The Morgan fingerprint density at radius 3 is 2.76 bits per heavy atom. The average Bonchev–Trinajstić information content (AvgIpc) is 3.07. The molecule has 0 radical (unpaired) electrons. The van der Waals surface area contributed by atoms with E-state index in [4.69, 9.17) is 4.74 Å². The van der Waals surface area contributed by atoms with Gasteiger partial charge in [-0.25, -0.2) is 13.9 Å². The number of imidazole rings is 1. The Kier molecular flexibility index (Phi) is 6.13. The Bertz CT molecular complexity index is 988. The second-order valence-corrected chi connectivity index (χ2v) is 6.49. The third kappa shape index (κ3) is 4.70. The highest BCUT2D eigenvalue weighted by Gasteiger charge is 2.36. The Hall–Kier alpha value is -2.59. The van der Waals surface area contributed by atoms with Crippen molar-refractivity contribution >= 4 is 29.4 Å². The number of rotatable bonds is 4. The molecule has 11 heteroatoms. The van der Waals surface area contributed by atoms with Crippen molar-refractivity contribution in [3.63, 3.8) is 0 Å². The van der Waals surface area contributed by atoms with Gasteiger partial charge in [-0.1, -0.05) is 6.07 Å². The van der Waals surface area contributed by atoms with Crippen LogP contribution in [0.5, 0.6) is 5.88 Å². The first-order valence-electron chi connectivity index (χ1n) is 8.76. The lowest BCUT2D eigenvalue weighted by molar-refractivity contribution is -0.142. The number of anilines is 2. The van der Waals surface area contributed by atoms with Crippen LogP contribution >= 0.6 is 12.4 Å². The van der Waals surface area contributed by atoms with E-state index in [0.29, 0.717) is 22.9 Å². The van der Waals surface area contributed by atoms with Gasteiger partial charge in [-0.15, -0.1) is 17.5 Å². The smallest absolute Gasteiger partial charge is 0.435 e. The summed E-state index contributed by atoms with van der Waals surface area (Å²) in [4.78, 5) is 3.85. The van der Waals surface area contributed by atoms with Crippen molar-refractivity contribution in [2.24, 2.45) is 0 Å². The zero-order valence-electron chi connectivity index (χ0n) is 15.0. The number of benzene rings is 1. The molecule has 1 aliphatic heterocycles. The van der Waals surface area contributed by atoms with E-state index in [-0.39, 0.29) is 35.7 Å². The first-order valence-corrected chi connectivity index (χ1v) is 8.76. The van der Waals surface area contributed by atoms with Crippen molar-refractivity contribution in [3.05, 3.63) is 48.0 Å². The summed E-state index contributed by atoms with van der Waals surface area (Å²) in [5.74, 6) is -0.442. The molecule has 1 aromatic carbocycles.